The molecule has 0 saturated carbocycles. The van der Waals surface area contributed by atoms with Crippen LogP contribution in [0.5, 0.6) is 0 Å². The average Bonchev–Trinajstić information content (AvgIpc) is 2.68. The van der Waals surface area contributed by atoms with E-state index in [-0.39, 0.29) is 11.3 Å². The molecule has 0 spiro atoms. The molecule has 2 heterocycles. The number of amides is 1. The van der Waals surface area contributed by atoms with Crippen LogP contribution in [0, 0.1) is 5.82 Å². The second-order valence-electron chi connectivity index (χ2n) is 5.81. The lowest BCUT2D eigenvalue weighted by Crippen LogP contribution is -2.15. The maximum Gasteiger partial charge on any atom is 0.419 e. The minimum atomic E-state index is -4.85. The van der Waals surface area contributed by atoms with Gasteiger partial charge in [-0.05, 0) is 48.2 Å². The van der Waals surface area contributed by atoms with E-state index in [4.69, 9.17) is 0 Å². The standard InChI is InChI=1S/C19H15F4N3OS/c20-16-4-3-13(10-15(16)19(21,22)23)26-17(27)14-2-1-7-25-18(14)28-11-12-5-8-24-9-6-12/h1-8,10,24H,9,11H2,(H,26,27). The first-order valence-corrected chi connectivity index (χ1v) is 9.18. The fourth-order valence-corrected chi connectivity index (χ4v) is 3.42. The summed E-state index contributed by atoms with van der Waals surface area (Å²) in [6.45, 7) is 0.716. The third kappa shape index (κ3) is 4.92. The van der Waals surface area contributed by atoms with Crippen LogP contribution >= 0.6 is 11.8 Å². The summed E-state index contributed by atoms with van der Waals surface area (Å²) in [5, 5.41) is 5.86. The van der Waals surface area contributed by atoms with Crippen LogP contribution in [-0.4, -0.2) is 23.2 Å². The maximum absolute atomic E-state index is 13.4. The normalized spacial score (nSPS) is 13.6. The Bertz CT molecular complexity index is 941. The summed E-state index contributed by atoms with van der Waals surface area (Å²) in [5.41, 5.74) is -0.295. The number of rotatable bonds is 5. The van der Waals surface area contributed by atoms with E-state index in [9.17, 15) is 22.4 Å². The molecule has 9 heteroatoms. The Balaban J connectivity index is 1.76. The number of alkyl halides is 3. The Hall–Kier alpha value is -2.81. The highest BCUT2D eigenvalue weighted by Gasteiger charge is 2.34. The van der Waals surface area contributed by atoms with Crippen molar-refractivity contribution in [3.05, 3.63) is 77.4 Å². The summed E-state index contributed by atoms with van der Waals surface area (Å²) in [6, 6.07) is 5.42. The number of allylic oxidation sites excluding steroid dienone is 1. The largest absolute Gasteiger partial charge is 0.419 e. The van der Waals surface area contributed by atoms with Crippen molar-refractivity contribution >= 4 is 23.4 Å². The fraction of sp³-hybridized carbons (Fsp3) is 0.158. The molecule has 3 rings (SSSR count). The number of carbonyl (C=O) groups excluding carboxylic acids is 1. The highest BCUT2D eigenvalue weighted by atomic mass is 32.2. The number of pyridine rings is 1. The fourth-order valence-electron chi connectivity index (χ4n) is 2.45. The number of anilines is 1. The topological polar surface area (TPSA) is 54.0 Å². The van der Waals surface area contributed by atoms with E-state index in [1.165, 1.54) is 24.0 Å². The van der Waals surface area contributed by atoms with E-state index in [0.29, 0.717) is 29.5 Å². The smallest absolute Gasteiger partial charge is 0.387 e. The van der Waals surface area contributed by atoms with Crippen LogP contribution in [0.25, 0.3) is 0 Å². The molecule has 1 amide bonds. The second-order valence-corrected chi connectivity index (χ2v) is 6.78. The number of carbonyl (C=O) groups is 1. The van der Waals surface area contributed by atoms with Gasteiger partial charge in [-0.25, -0.2) is 9.37 Å². The number of thioether (sulfide) groups is 1. The Kier molecular flexibility index (Phi) is 6.03. The lowest BCUT2D eigenvalue weighted by Gasteiger charge is -2.13. The van der Waals surface area contributed by atoms with Gasteiger partial charge in [0.25, 0.3) is 5.91 Å². The van der Waals surface area contributed by atoms with E-state index in [0.717, 1.165) is 11.6 Å². The number of halogens is 4. The molecule has 0 atom stereocenters. The van der Waals surface area contributed by atoms with Crippen LogP contribution in [0.2, 0.25) is 0 Å². The molecule has 1 aliphatic heterocycles. The first kappa shape index (κ1) is 19.9. The van der Waals surface area contributed by atoms with Crippen molar-refractivity contribution in [2.45, 2.75) is 11.2 Å². The number of dihydropyridines is 1. The maximum atomic E-state index is 13.4. The molecule has 2 N–H and O–H groups in total. The first-order valence-electron chi connectivity index (χ1n) is 8.19. The number of aromatic nitrogens is 1. The Morgan fingerprint density at radius 3 is 2.82 bits per heavy atom. The Morgan fingerprint density at radius 2 is 2.11 bits per heavy atom. The zero-order valence-corrected chi connectivity index (χ0v) is 15.2. The van der Waals surface area contributed by atoms with Gasteiger partial charge >= 0.3 is 6.18 Å². The van der Waals surface area contributed by atoms with Gasteiger partial charge in [0.05, 0.1) is 11.1 Å². The monoisotopic (exact) mass is 409 g/mol. The van der Waals surface area contributed by atoms with E-state index in [1.54, 1.807) is 6.07 Å². The molecular weight excluding hydrogens is 394 g/mol. The Labute approximate surface area is 162 Å². The highest BCUT2D eigenvalue weighted by Crippen LogP contribution is 2.33. The van der Waals surface area contributed by atoms with Gasteiger partial charge in [-0.1, -0.05) is 6.08 Å². The number of nitrogens with zero attached hydrogens (tertiary/aromatic N) is 1. The average molecular weight is 409 g/mol. The Morgan fingerprint density at radius 1 is 1.29 bits per heavy atom. The molecule has 4 nitrogen and oxygen atoms in total. The van der Waals surface area contributed by atoms with E-state index < -0.39 is 23.5 Å². The minimum absolute atomic E-state index is 0.150. The minimum Gasteiger partial charge on any atom is -0.387 e. The van der Waals surface area contributed by atoms with Gasteiger partial charge in [-0.3, -0.25) is 4.79 Å². The summed E-state index contributed by atoms with van der Waals surface area (Å²) < 4.78 is 52.0. The predicted octanol–water partition coefficient (Wildman–Crippen LogP) is 4.63. The molecule has 0 bridgehead atoms. The van der Waals surface area contributed by atoms with Gasteiger partial charge in [0.2, 0.25) is 0 Å². The van der Waals surface area contributed by atoms with E-state index in [1.807, 2.05) is 18.4 Å². The predicted molar refractivity (Wildman–Crippen MR) is 99.5 cm³/mol. The van der Waals surface area contributed by atoms with Crippen LogP contribution < -0.4 is 10.6 Å². The second kappa shape index (κ2) is 8.47. The zero-order valence-electron chi connectivity index (χ0n) is 14.4. The molecule has 28 heavy (non-hydrogen) atoms. The number of hydrogen-bond acceptors (Lipinski definition) is 4. The van der Waals surface area contributed by atoms with Crippen molar-refractivity contribution in [3.8, 4) is 0 Å². The molecule has 0 unspecified atom stereocenters. The van der Waals surface area contributed by atoms with Gasteiger partial charge in [0, 0.05) is 24.2 Å². The van der Waals surface area contributed by atoms with Crippen LogP contribution in [0.4, 0.5) is 23.2 Å². The molecule has 0 saturated heterocycles. The van der Waals surface area contributed by atoms with Crippen molar-refractivity contribution in [1.82, 2.24) is 10.3 Å². The third-order valence-corrected chi connectivity index (χ3v) is 4.89. The molecule has 1 aliphatic rings. The van der Waals surface area contributed by atoms with Crippen molar-refractivity contribution in [3.63, 3.8) is 0 Å². The van der Waals surface area contributed by atoms with Crippen LogP contribution in [0.15, 0.2) is 65.5 Å². The van der Waals surface area contributed by atoms with Gasteiger partial charge < -0.3 is 10.6 Å². The molecule has 0 radical (unpaired) electrons. The van der Waals surface area contributed by atoms with Crippen molar-refractivity contribution in [2.24, 2.45) is 0 Å². The number of benzene rings is 1. The van der Waals surface area contributed by atoms with Crippen LogP contribution in [0.1, 0.15) is 15.9 Å². The number of hydrogen-bond donors (Lipinski definition) is 2. The molecule has 1 aromatic carbocycles. The van der Waals surface area contributed by atoms with Crippen molar-refractivity contribution in [2.75, 3.05) is 17.6 Å². The molecule has 2 aromatic rings. The highest BCUT2D eigenvalue weighted by molar-refractivity contribution is 7.99. The molecule has 0 fully saturated rings. The summed E-state index contributed by atoms with van der Waals surface area (Å²) in [5.74, 6) is -1.43. The van der Waals surface area contributed by atoms with Gasteiger partial charge in [0.15, 0.2) is 0 Å². The first-order chi connectivity index (χ1) is 13.3. The quantitative estimate of drug-likeness (QED) is 0.559. The van der Waals surface area contributed by atoms with Crippen molar-refractivity contribution < 1.29 is 22.4 Å². The number of nitrogens with one attached hydrogen (secondary N) is 2. The van der Waals surface area contributed by atoms with Crippen molar-refractivity contribution in [1.29, 1.82) is 0 Å². The summed E-state index contributed by atoms with van der Waals surface area (Å²) in [7, 11) is 0. The van der Waals surface area contributed by atoms with Gasteiger partial charge in [-0.2, -0.15) is 13.2 Å². The molecule has 1 aromatic heterocycles. The van der Waals surface area contributed by atoms with Gasteiger partial charge in [0.1, 0.15) is 10.8 Å². The van der Waals surface area contributed by atoms with Crippen LogP contribution in [0.3, 0.4) is 0 Å². The lowest BCUT2D eigenvalue weighted by atomic mass is 10.1. The third-order valence-electron chi connectivity index (χ3n) is 3.82. The summed E-state index contributed by atoms with van der Waals surface area (Å²) in [4.78, 5) is 16.7. The molecule has 0 aliphatic carbocycles. The zero-order chi connectivity index (χ0) is 20.1. The molecular formula is C19H15F4N3OS. The van der Waals surface area contributed by atoms with Crippen LogP contribution in [-0.2, 0) is 6.18 Å². The SMILES string of the molecule is O=C(Nc1ccc(F)c(C(F)(F)F)c1)c1cccnc1SCC1=CCNC=C1. The molecule has 146 valence electrons. The van der Waals surface area contributed by atoms with E-state index in [2.05, 4.69) is 15.6 Å². The summed E-state index contributed by atoms with van der Waals surface area (Å²) in [6.07, 6.45) is 2.43. The summed E-state index contributed by atoms with van der Waals surface area (Å²) >= 11 is 1.34. The van der Waals surface area contributed by atoms with E-state index >= 15 is 0 Å². The van der Waals surface area contributed by atoms with Gasteiger partial charge in [-0.15, -0.1) is 11.8 Å². The lowest BCUT2D eigenvalue weighted by molar-refractivity contribution is -0.139.